The van der Waals surface area contributed by atoms with Crippen molar-refractivity contribution >= 4 is 13.0 Å². The van der Waals surface area contributed by atoms with Gasteiger partial charge in [0.15, 0.2) is 25.0 Å². The molecule has 0 aliphatic heterocycles. The lowest BCUT2D eigenvalue weighted by Gasteiger charge is -2.08. The van der Waals surface area contributed by atoms with Gasteiger partial charge in [0, 0.05) is 0 Å². The summed E-state index contributed by atoms with van der Waals surface area (Å²) in [4.78, 5) is 0. The molecule has 0 aliphatic rings. The molecule has 0 fully saturated rings. The topological polar surface area (TPSA) is 0 Å². The first-order chi connectivity index (χ1) is 6.00. The van der Waals surface area contributed by atoms with Gasteiger partial charge in [-0.2, -0.15) is 0 Å². The number of hydrogen-bond acceptors (Lipinski definition) is 0. The summed E-state index contributed by atoms with van der Waals surface area (Å²) < 4.78 is 73.7. The van der Waals surface area contributed by atoms with E-state index < -0.39 is 42.1 Å². The lowest BCUT2D eigenvalue weighted by Crippen LogP contribution is -2.24. The van der Waals surface area contributed by atoms with Gasteiger partial charge in [0.1, 0.15) is 11.6 Å². The van der Waals surface area contributed by atoms with Crippen LogP contribution in [0.3, 0.4) is 0 Å². The quantitative estimate of drug-likeness (QED) is 0.274. The third-order valence-corrected chi connectivity index (χ3v) is 1.62. The number of benzene rings is 1. The molecule has 13 heavy (non-hydrogen) atoms. The van der Waals surface area contributed by atoms with E-state index in [1.165, 1.54) is 0 Å². The minimum Gasteiger partial charge on any atom is -0.520 e. The van der Waals surface area contributed by atoms with Gasteiger partial charge in [-0.25, -0.2) is 22.0 Å². The van der Waals surface area contributed by atoms with Crippen LogP contribution < -0.4 is 5.46 Å². The van der Waals surface area contributed by atoms with Gasteiger partial charge >= 0.3 is 0 Å². The predicted octanol–water partition coefficient (Wildman–Crippen LogP) is 1.06. The first-order valence-corrected chi connectivity index (χ1v) is 3.32. The van der Waals surface area contributed by atoms with Gasteiger partial charge in [0.2, 0.25) is 0 Å². The maximum Gasteiger partial charge on any atom is 0.200 e. The average molecular weight is 199 g/mol. The van der Waals surface area contributed by atoms with E-state index in [1.807, 2.05) is 0 Å². The SMILES string of the molecule is F[BH2-]c1c(F)c(F)c(F)c(F)c1F. The highest BCUT2D eigenvalue weighted by Crippen LogP contribution is 2.15. The molecule has 0 aromatic heterocycles. The molecule has 1 aromatic carbocycles. The van der Waals surface area contributed by atoms with Gasteiger partial charge < -0.3 is 4.32 Å². The van der Waals surface area contributed by atoms with Crippen LogP contribution in [0.4, 0.5) is 26.3 Å². The summed E-state index contributed by atoms with van der Waals surface area (Å²) in [5.41, 5.74) is -1.32. The Labute approximate surface area is 69.5 Å². The predicted molar refractivity (Wildman–Crippen MR) is 35.5 cm³/mol. The minimum atomic E-state index is -2.80. The van der Waals surface area contributed by atoms with E-state index in [-0.39, 0.29) is 0 Å². The molecule has 0 N–H and O–H groups in total. The van der Waals surface area contributed by atoms with E-state index in [1.54, 1.807) is 0 Å². The van der Waals surface area contributed by atoms with Crippen molar-refractivity contribution in [3.63, 3.8) is 0 Å². The smallest absolute Gasteiger partial charge is 0.200 e. The monoisotopic (exact) mass is 199 g/mol. The Hall–Kier alpha value is -1.14. The Balaban J connectivity index is 3.56. The molecule has 0 bridgehead atoms. The summed E-state index contributed by atoms with van der Waals surface area (Å²) in [5.74, 6) is -10.6. The Morgan fingerprint density at radius 3 is 1.23 bits per heavy atom. The largest absolute Gasteiger partial charge is 0.520 e. The van der Waals surface area contributed by atoms with Crippen LogP contribution >= 0.6 is 0 Å². The lowest BCUT2D eigenvalue weighted by atomic mass is 9.89. The van der Waals surface area contributed by atoms with Crippen LogP contribution in [0.1, 0.15) is 0 Å². The number of hydrogen-bond donors (Lipinski definition) is 0. The standard InChI is InChI=1S/C6H2BF6/c8-2-1(7-13)3(9)5(11)6(12)4(2)10/h7H2/q-1. The zero-order valence-corrected chi connectivity index (χ0v) is 6.27. The first kappa shape index (κ1) is 9.95. The molecule has 0 nitrogen and oxygen atoms in total. The molecule has 1 aromatic rings. The lowest BCUT2D eigenvalue weighted by molar-refractivity contribution is 0.383. The molecule has 0 radical (unpaired) electrons. The van der Waals surface area contributed by atoms with E-state index >= 15 is 0 Å². The zero-order valence-electron chi connectivity index (χ0n) is 6.27. The normalized spacial score (nSPS) is 10.6. The summed E-state index contributed by atoms with van der Waals surface area (Å²) >= 11 is 0. The van der Waals surface area contributed by atoms with E-state index in [0.29, 0.717) is 0 Å². The molecule has 7 heteroatoms. The second-order valence-corrected chi connectivity index (χ2v) is 2.38. The fourth-order valence-corrected chi connectivity index (χ4v) is 0.881. The fraction of sp³-hybridized carbons (Fsp3) is 0. The Kier molecular flexibility index (Phi) is 2.54. The molecular formula is C6H2BF6-. The molecule has 0 saturated carbocycles. The van der Waals surface area contributed by atoms with E-state index in [0.717, 1.165) is 0 Å². The van der Waals surface area contributed by atoms with Crippen molar-refractivity contribution in [2.75, 3.05) is 0 Å². The van der Waals surface area contributed by atoms with Crippen molar-refractivity contribution < 1.29 is 26.3 Å². The summed E-state index contributed by atoms with van der Waals surface area (Å²) in [5, 5.41) is 0. The molecule has 0 heterocycles. The highest BCUT2D eigenvalue weighted by molar-refractivity contribution is 6.46. The summed E-state index contributed by atoms with van der Waals surface area (Å²) in [7, 11) is -2.80. The van der Waals surface area contributed by atoms with E-state index in [2.05, 4.69) is 0 Å². The van der Waals surface area contributed by atoms with Crippen molar-refractivity contribution in [2.45, 2.75) is 0 Å². The van der Waals surface area contributed by atoms with Gasteiger partial charge in [0.05, 0.1) is 0 Å². The third kappa shape index (κ3) is 1.38. The fourth-order valence-electron chi connectivity index (χ4n) is 0.881. The van der Waals surface area contributed by atoms with Crippen molar-refractivity contribution in [1.82, 2.24) is 0 Å². The van der Waals surface area contributed by atoms with Crippen molar-refractivity contribution in [1.29, 1.82) is 0 Å². The zero-order chi connectivity index (χ0) is 10.2. The van der Waals surface area contributed by atoms with Crippen LogP contribution in [0.5, 0.6) is 0 Å². The molecule has 0 aliphatic carbocycles. The van der Waals surface area contributed by atoms with Crippen molar-refractivity contribution in [3.8, 4) is 0 Å². The first-order valence-electron chi connectivity index (χ1n) is 3.32. The summed E-state index contributed by atoms with van der Waals surface area (Å²) in [6, 6.07) is 0. The summed E-state index contributed by atoms with van der Waals surface area (Å²) in [6.07, 6.45) is 0. The van der Waals surface area contributed by atoms with Crippen LogP contribution in [0.25, 0.3) is 0 Å². The third-order valence-electron chi connectivity index (χ3n) is 1.62. The molecule has 0 spiro atoms. The van der Waals surface area contributed by atoms with Gasteiger partial charge in [0.25, 0.3) is 0 Å². The van der Waals surface area contributed by atoms with Crippen LogP contribution in [-0.4, -0.2) is 7.56 Å². The second-order valence-electron chi connectivity index (χ2n) is 2.38. The highest BCUT2D eigenvalue weighted by atomic mass is 19.2. The van der Waals surface area contributed by atoms with Crippen molar-refractivity contribution in [2.24, 2.45) is 0 Å². The van der Waals surface area contributed by atoms with E-state index in [9.17, 15) is 26.3 Å². The molecule has 0 unspecified atom stereocenters. The van der Waals surface area contributed by atoms with Gasteiger partial charge in [-0.15, -0.1) is 5.46 Å². The average Bonchev–Trinajstić information content (AvgIpc) is 2.13. The summed E-state index contributed by atoms with van der Waals surface area (Å²) in [6.45, 7) is 0. The van der Waals surface area contributed by atoms with Gasteiger partial charge in [-0.1, -0.05) is 0 Å². The van der Waals surface area contributed by atoms with Crippen LogP contribution in [0.2, 0.25) is 0 Å². The van der Waals surface area contributed by atoms with Gasteiger partial charge in [-0.3, -0.25) is 0 Å². The minimum absolute atomic E-state index is 1.32. The Bertz CT molecular complexity index is 320. The molecule has 0 amide bonds. The Morgan fingerprint density at radius 1 is 0.615 bits per heavy atom. The van der Waals surface area contributed by atoms with Crippen LogP contribution in [0.15, 0.2) is 0 Å². The number of halogens is 6. The maximum atomic E-state index is 12.5. The molecule has 0 atom stereocenters. The molecule has 1 rings (SSSR count). The molecule has 0 saturated heterocycles. The number of rotatable bonds is 1. The molecule has 72 valence electrons. The highest BCUT2D eigenvalue weighted by Gasteiger charge is 2.21. The Morgan fingerprint density at radius 2 is 0.923 bits per heavy atom. The maximum absolute atomic E-state index is 12.5. The van der Waals surface area contributed by atoms with Crippen LogP contribution in [0, 0.1) is 29.1 Å². The molecular weight excluding hydrogens is 197 g/mol. The van der Waals surface area contributed by atoms with Gasteiger partial charge in [-0.05, 0) is 0 Å². The second kappa shape index (κ2) is 3.31. The van der Waals surface area contributed by atoms with Crippen molar-refractivity contribution in [3.05, 3.63) is 29.1 Å². The van der Waals surface area contributed by atoms with E-state index in [4.69, 9.17) is 0 Å². The van der Waals surface area contributed by atoms with Crippen LogP contribution in [-0.2, 0) is 0 Å².